The number of carbonyl (C=O) groups is 2. The Morgan fingerprint density at radius 1 is 1.11 bits per heavy atom. The van der Waals surface area contributed by atoms with Crippen molar-refractivity contribution in [3.8, 4) is 0 Å². The van der Waals surface area contributed by atoms with Gasteiger partial charge in [-0.1, -0.05) is 6.07 Å². The van der Waals surface area contributed by atoms with Crippen LogP contribution in [0.2, 0.25) is 0 Å². The van der Waals surface area contributed by atoms with Gasteiger partial charge in [-0.15, -0.1) is 0 Å². The predicted molar refractivity (Wildman–Crippen MR) is 130 cm³/mol. The van der Waals surface area contributed by atoms with Gasteiger partial charge in [-0.3, -0.25) is 9.59 Å². The fraction of sp³-hybridized carbons (Fsp3) is 0.296. The van der Waals surface area contributed by atoms with E-state index in [1.54, 1.807) is 24.7 Å². The third kappa shape index (κ3) is 4.51. The van der Waals surface area contributed by atoms with E-state index in [4.69, 9.17) is 13.3 Å². The molecular weight excluding hydrogens is 446 g/mol. The van der Waals surface area contributed by atoms with Crippen molar-refractivity contribution in [2.24, 2.45) is 5.10 Å². The Morgan fingerprint density at radius 3 is 2.77 bits per heavy atom. The zero-order chi connectivity index (χ0) is 24.5. The standard InChI is InChI=1S/C27H27N3O5/c1-15-10-16(2)24-18(14-34-22(24)11-15)12-23(31)30-29-20-7-4-8-21-25(20)17(3)26(35-21)27(32)28-13-19-6-5-9-33-19/h5-6,9-11,14H,4,7-8,12-13H2,1-3H3,(H,28,32)(H,30,31)/b29-20+. The molecule has 2 N–H and O–H groups in total. The Hall–Kier alpha value is -4.07. The number of hydrogen-bond donors (Lipinski definition) is 2. The van der Waals surface area contributed by atoms with Crippen LogP contribution in [0.4, 0.5) is 0 Å². The summed E-state index contributed by atoms with van der Waals surface area (Å²) in [5, 5.41) is 8.21. The third-order valence-corrected chi connectivity index (χ3v) is 6.29. The molecule has 35 heavy (non-hydrogen) atoms. The molecule has 0 bridgehead atoms. The number of hydrazone groups is 1. The molecule has 0 atom stereocenters. The van der Waals surface area contributed by atoms with E-state index in [9.17, 15) is 9.59 Å². The maximum atomic E-state index is 12.7. The fourth-order valence-electron chi connectivity index (χ4n) is 4.76. The molecule has 0 spiro atoms. The number of furan rings is 3. The van der Waals surface area contributed by atoms with E-state index in [1.807, 2.05) is 26.8 Å². The normalized spacial score (nSPS) is 14.3. The van der Waals surface area contributed by atoms with Crippen LogP contribution in [0.3, 0.4) is 0 Å². The van der Waals surface area contributed by atoms with Gasteiger partial charge in [0, 0.05) is 28.5 Å². The highest BCUT2D eigenvalue weighted by Gasteiger charge is 2.28. The summed E-state index contributed by atoms with van der Waals surface area (Å²) in [7, 11) is 0. The average molecular weight is 474 g/mol. The lowest BCUT2D eigenvalue weighted by atomic mass is 9.93. The molecule has 0 aliphatic heterocycles. The van der Waals surface area contributed by atoms with Gasteiger partial charge in [-0.2, -0.15) is 5.10 Å². The van der Waals surface area contributed by atoms with Crippen LogP contribution in [-0.4, -0.2) is 17.5 Å². The highest BCUT2D eigenvalue weighted by molar-refractivity contribution is 6.06. The number of aryl methyl sites for hydroxylation is 3. The third-order valence-electron chi connectivity index (χ3n) is 6.29. The molecule has 8 heteroatoms. The summed E-state index contributed by atoms with van der Waals surface area (Å²) in [6, 6.07) is 7.61. The lowest BCUT2D eigenvalue weighted by Crippen LogP contribution is -2.24. The molecule has 4 aromatic rings. The van der Waals surface area contributed by atoms with Gasteiger partial charge < -0.3 is 18.6 Å². The minimum Gasteiger partial charge on any atom is -0.467 e. The first-order valence-electron chi connectivity index (χ1n) is 11.7. The summed E-state index contributed by atoms with van der Waals surface area (Å²) < 4.78 is 16.8. The van der Waals surface area contributed by atoms with Crippen LogP contribution in [-0.2, 0) is 24.2 Å². The SMILES string of the molecule is Cc1cc(C)c2c(CC(=O)N/N=C3\CCCc4oc(C(=O)NCc5ccco5)c(C)c43)coc2c1. The second-order valence-corrected chi connectivity index (χ2v) is 8.96. The lowest BCUT2D eigenvalue weighted by molar-refractivity contribution is -0.120. The molecule has 1 aromatic carbocycles. The van der Waals surface area contributed by atoms with Crippen molar-refractivity contribution >= 4 is 28.5 Å². The van der Waals surface area contributed by atoms with Crippen LogP contribution in [0.5, 0.6) is 0 Å². The highest BCUT2D eigenvalue weighted by atomic mass is 16.4. The second kappa shape index (κ2) is 9.29. The molecule has 0 fully saturated rings. The number of nitrogens with one attached hydrogen (secondary N) is 2. The van der Waals surface area contributed by atoms with E-state index >= 15 is 0 Å². The van der Waals surface area contributed by atoms with Crippen molar-refractivity contribution in [2.75, 3.05) is 0 Å². The predicted octanol–water partition coefficient (Wildman–Crippen LogP) is 4.87. The Labute approximate surface area is 202 Å². The molecule has 3 aromatic heterocycles. The molecule has 0 saturated carbocycles. The monoisotopic (exact) mass is 473 g/mol. The summed E-state index contributed by atoms with van der Waals surface area (Å²) in [6.45, 7) is 6.15. The zero-order valence-electron chi connectivity index (χ0n) is 20.0. The smallest absolute Gasteiger partial charge is 0.287 e. The van der Waals surface area contributed by atoms with Crippen molar-refractivity contribution in [1.82, 2.24) is 10.7 Å². The second-order valence-electron chi connectivity index (χ2n) is 8.96. The van der Waals surface area contributed by atoms with Crippen LogP contribution >= 0.6 is 0 Å². The van der Waals surface area contributed by atoms with Crippen LogP contribution in [0.25, 0.3) is 11.0 Å². The number of benzene rings is 1. The number of amides is 2. The van der Waals surface area contributed by atoms with E-state index in [0.717, 1.165) is 56.7 Å². The van der Waals surface area contributed by atoms with Crippen LogP contribution < -0.4 is 10.7 Å². The lowest BCUT2D eigenvalue weighted by Gasteiger charge is -2.13. The molecule has 0 unspecified atom stereocenters. The number of nitrogens with zero attached hydrogens (tertiary/aromatic N) is 1. The van der Waals surface area contributed by atoms with Gasteiger partial charge in [0.15, 0.2) is 5.76 Å². The summed E-state index contributed by atoms with van der Waals surface area (Å²) in [6.07, 6.45) is 5.59. The van der Waals surface area contributed by atoms with Crippen molar-refractivity contribution < 1.29 is 22.8 Å². The fourth-order valence-corrected chi connectivity index (χ4v) is 4.76. The number of fused-ring (bicyclic) bond motifs is 2. The number of hydrogen-bond acceptors (Lipinski definition) is 6. The first-order chi connectivity index (χ1) is 16.9. The summed E-state index contributed by atoms with van der Waals surface area (Å²) >= 11 is 0. The summed E-state index contributed by atoms with van der Waals surface area (Å²) in [5.41, 5.74) is 8.73. The van der Waals surface area contributed by atoms with Crippen LogP contribution in [0.1, 0.15) is 62.7 Å². The Balaban J connectivity index is 1.31. The highest BCUT2D eigenvalue weighted by Crippen LogP contribution is 2.30. The quantitative estimate of drug-likeness (QED) is 0.388. The Morgan fingerprint density at radius 2 is 1.97 bits per heavy atom. The molecule has 1 aliphatic rings. The Kier molecular flexibility index (Phi) is 6.03. The van der Waals surface area contributed by atoms with Gasteiger partial charge in [-0.05, 0) is 62.9 Å². The van der Waals surface area contributed by atoms with E-state index in [2.05, 4.69) is 21.9 Å². The average Bonchev–Trinajstić information content (AvgIpc) is 3.56. The van der Waals surface area contributed by atoms with Gasteiger partial charge in [0.2, 0.25) is 5.91 Å². The maximum Gasteiger partial charge on any atom is 0.287 e. The molecule has 2 amide bonds. The molecule has 8 nitrogen and oxygen atoms in total. The first kappa shape index (κ1) is 22.7. The summed E-state index contributed by atoms with van der Waals surface area (Å²) in [5.74, 6) is 1.10. The molecule has 0 saturated heterocycles. The number of rotatable bonds is 6. The molecule has 0 radical (unpaired) electrons. The van der Waals surface area contributed by atoms with E-state index in [1.165, 1.54) is 0 Å². The Bertz CT molecular complexity index is 1440. The largest absolute Gasteiger partial charge is 0.467 e. The van der Waals surface area contributed by atoms with Crippen molar-refractivity contribution in [3.05, 3.63) is 81.9 Å². The van der Waals surface area contributed by atoms with Crippen LogP contribution in [0, 0.1) is 20.8 Å². The van der Waals surface area contributed by atoms with Crippen LogP contribution in [0.15, 0.2) is 55.1 Å². The first-order valence-corrected chi connectivity index (χ1v) is 11.7. The van der Waals surface area contributed by atoms with E-state index in [-0.39, 0.29) is 30.5 Å². The van der Waals surface area contributed by atoms with Crippen molar-refractivity contribution in [1.29, 1.82) is 0 Å². The van der Waals surface area contributed by atoms with Crippen molar-refractivity contribution in [3.63, 3.8) is 0 Å². The van der Waals surface area contributed by atoms with E-state index < -0.39 is 0 Å². The minimum absolute atomic E-state index is 0.158. The topological polar surface area (TPSA) is 110 Å². The van der Waals surface area contributed by atoms with Gasteiger partial charge >= 0.3 is 0 Å². The van der Waals surface area contributed by atoms with Gasteiger partial charge in [0.1, 0.15) is 17.1 Å². The maximum absolute atomic E-state index is 12.7. The molecule has 3 heterocycles. The van der Waals surface area contributed by atoms with Gasteiger partial charge in [0.25, 0.3) is 5.91 Å². The minimum atomic E-state index is -0.311. The molecule has 180 valence electrons. The van der Waals surface area contributed by atoms with Gasteiger partial charge in [-0.25, -0.2) is 5.43 Å². The molecular formula is C27H27N3O5. The number of carbonyl (C=O) groups excluding carboxylic acids is 2. The summed E-state index contributed by atoms with van der Waals surface area (Å²) in [4.78, 5) is 25.4. The van der Waals surface area contributed by atoms with Crippen molar-refractivity contribution in [2.45, 2.75) is 53.0 Å². The van der Waals surface area contributed by atoms with E-state index in [0.29, 0.717) is 18.6 Å². The molecule has 1 aliphatic carbocycles. The van der Waals surface area contributed by atoms with Gasteiger partial charge in [0.05, 0.1) is 31.2 Å². The zero-order valence-corrected chi connectivity index (χ0v) is 20.0. The molecule has 5 rings (SSSR count).